The Hall–Kier alpha value is -3.15. The lowest BCUT2D eigenvalue weighted by atomic mass is 9.76. The van der Waals surface area contributed by atoms with Crippen molar-refractivity contribution < 1.29 is 19.1 Å². The number of anilines is 2. The molecule has 0 radical (unpaired) electrons. The molecule has 29 heavy (non-hydrogen) atoms. The Morgan fingerprint density at radius 2 is 1.79 bits per heavy atom. The molecule has 0 aromatic heterocycles. The summed E-state index contributed by atoms with van der Waals surface area (Å²) in [6.07, 6.45) is 2.40. The van der Waals surface area contributed by atoms with Gasteiger partial charge in [-0.2, -0.15) is 0 Å². The van der Waals surface area contributed by atoms with Crippen LogP contribution in [0, 0.1) is 17.8 Å². The normalized spacial score (nSPS) is 23.7. The van der Waals surface area contributed by atoms with E-state index in [0.29, 0.717) is 28.6 Å². The Morgan fingerprint density at radius 1 is 1.03 bits per heavy atom. The summed E-state index contributed by atoms with van der Waals surface area (Å²) in [4.78, 5) is 40.3. The van der Waals surface area contributed by atoms with E-state index in [1.165, 1.54) is 4.90 Å². The molecule has 1 aliphatic carbocycles. The van der Waals surface area contributed by atoms with Gasteiger partial charge in [0.1, 0.15) is 5.75 Å². The molecule has 6 nitrogen and oxygen atoms in total. The molecule has 4 rings (SSSR count). The van der Waals surface area contributed by atoms with Gasteiger partial charge in [-0.15, -0.1) is 0 Å². The Balaban J connectivity index is 1.64. The first kappa shape index (κ1) is 19.2. The van der Waals surface area contributed by atoms with Crippen LogP contribution in [0.3, 0.4) is 0 Å². The van der Waals surface area contributed by atoms with Crippen LogP contribution in [0.4, 0.5) is 11.4 Å². The lowest BCUT2D eigenvalue weighted by molar-refractivity contribution is -0.122. The van der Waals surface area contributed by atoms with E-state index in [1.807, 2.05) is 0 Å². The van der Waals surface area contributed by atoms with Crippen LogP contribution in [0.15, 0.2) is 48.5 Å². The highest BCUT2D eigenvalue weighted by atomic mass is 16.5. The maximum Gasteiger partial charge on any atom is 0.257 e. The molecule has 150 valence electrons. The summed E-state index contributed by atoms with van der Waals surface area (Å²) >= 11 is 0. The van der Waals surface area contributed by atoms with Gasteiger partial charge in [-0.1, -0.05) is 25.1 Å². The number of imide groups is 1. The van der Waals surface area contributed by atoms with Crippen molar-refractivity contribution in [1.82, 2.24) is 0 Å². The van der Waals surface area contributed by atoms with Crippen LogP contribution in [0.25, 0.3) is 0 Å². The third kappa shape index (κ3) is 3.50. The highest BCUT2D eigenvalue weighted by Gasteiger charge is 2.50. The van der Waals surface area contributed by atoms with E-state index in [1.54, 1.807) is 55.6 Å². The molecule has 1 heterocycles. The maximum atomic E-state index is 13.1. The van der Waals surface area contributed by atoms with Crippen molar-refractivity contribution in [3.8, 4) is 5.75 Å². The first-order valence-corrected chi connectivity index (χ1v) is 9.92. The Kier molecular flexibility index (Phi) is 5.09. The Labute approximate surface area is 169 Å². The average molecular weight is 392 g/mol. The van der Waals surface area contributed by atoms with Crippen LogP contribution in [0.1, 0.15) is 36.5 Å². The van der Waals surface area contributed by atoms with Gasteiger partial charge >= 0.3 is 0 Å². The van der Waals surface area contributed by atoms with Crippen LogP contribution in [-0.2, 0) is 9.59 Å². The van der Waals surface area contributed by atoms with Crippen LogP contribution in [0.5, 0.6) is 5.75 Å². The van der Waals surface area contributed by atoms with E-state index in [9.17, 15) is 14.4 Å². The average Bonchev–Trinajstić information content (AvgIpc) is 2.97. The van der Waals surface area contributed by atoms with E-state index in [0.717, 1.165) is 19.3 Å². The van der Waals surface area contributed by atoms with E-state index >= 15 is 0 Å². The predicted octanol–water partition coefficient (Wildman–Crippen LogP) is 3.87. The summed E-state index contributed by atoms with van der Waals surface area (Å²) in [7, 11) is 1.56. The Bertz CT molecular complexity index is 971. The van der Waals surface area contributed by atoms with Crippen molar-refractivity contribution in [2.45, 2.75) is 26.2 Å². The first-order valence-electron chi connectivity index (χ1n) is 9.92. The van der Waals surface area contributed by atoms with Crippen molar-refractivity contribution in [1.29, 1.82) is 0 Å². The van der Waals surface area contributed by atoms with Crippen LogP contribution < -0.4 is 15.0 Å². The molecular formula is C23H24N2O4. The van der Waals surface area contributed by atoms with Crippen molar-refractivity contribution in [3.63, 3.8) is 0 Å². The molecule has 1 saturated carbocycles. The summed E-state index contributed by atoms with van der Waals surface area (Å²) in [5.74, 6) is -0.243. The highest BCUT2D eigenvalue weighted by molar-refractivity contribution is 6.24. The molecule has 3 atom stereocenters. The van der Waals surface area contributed by atoms with Gasteiger partial charge in [0.2, 0.25) is 11.8 Å². The third-order valence-electron chi connectivity index (χ3n) is 5.90. The van der Waals surface area contributed by atoms with Gasteiger partial charge in [0.05, 0.1) is 30.2 Å². The number of carbonyl (C=O) groups excluding carboxylic acids is 3. The summed E-state index contributed by atoms with van der Waals surface area (Å²) < 4.78 is 5.19. The van der Waals surface area contributed by atoms with Gasteiger partial charge < -0.3 is 10.1 Å². The third-order valence-corrected chi connectivity index (χ3v) is 5.90. The molecule has 0 spiro atoms. The standard InChI is InChI=1S/C23H24N2O4/c1-14-10-11-17-19(12-14)23(28)25(22(17)27)20-9-4-3-8-18(20)21(26)24-15-6-5-7-16(13-15)29-2/h3-9,13-14,17,19H,10-12H2,1-2H3,(H,24,26)/t14-,17-,19-/m1/s1. The molecule has 2 aliphatic rings. The minimum absolute atomic E-state index is 0.187. The second-order valence-electron chi connectivity index (χ2n) is 7.85. The van der Waals surface area contributed by atoms with E-state index < -0.39 is 0 Å². The zero-order valence-electron chi connectivity index (χ0n) is 16.6. The molecule has 1 N–H and O–H groups in total. The second kappa shape index (κ2) is 7.70. The number of fused-ring (bicyclic) bond motifs is 1. The van der Waals surface area contributed by atoms with Gasteiger partial charge in [0, 0.05) is 11.8 Å². The summed E-state index contributed by atoms with van der Waals surface area (Å²) in [6.45, 7) is 2.12. The van der Waals surface area contributed by atoms with Crippen molar-refractivity contribution >= 4 is 29.1 Å². The molecule has 2 aromatic carbocycles. The molecule has 1 aliphatic heterocycles. The predicted molar refractivity (Wildman–Crippen MR) is 110 cm³/mol. The van der Waals surface area contributed by atoms with Gasteiger partial charge in [-0.05, 0) is 49.4 Å². The van der Waals surface area contributed by atoms with Gasteiger partial charge in [0.25, 0.3) is 5.91 Å². The number of hydrogen-bond donors (Lipinski definition) is 1. The molecular weight excluding hydrogens is 368 g/mol. The van der Waals surface area contributed by atoms with Crippen LogP contribution in [-0.4, -0.2) is 24.8 Å². The maximum absolute atomic E-state index is 13.1. The SMILES string of the molecule is COc1cccc(NC(=O)c2ccccc2N2C(=O)[C@@H]3CC[C@@H](C)C[C@H]3C2=O)c1. The smallest absolute Gasteiger partial charge is 0.257 e. The number of hydrogen-bond acceptors (Lipinski definition) is 4. The minimum Gasteiger partial charge on any atom is -0.497 e. The van der Waals surface area contributed by atoms with Gasteiger partial charge in [-0.3, -0.25) is 14.4 Å². The number of methoxy groups -OCH3 is 1. The van der Waals surface area contributed by atoms with E-state index in [-0.39, 0.29) is 29.6 Å². The summed E-state index contributed by atoms with van der Waals surface area (Å²) in [5.41, 5.74) is 1.22. The second-order valence-corrected chi connectivity index (χ2v) is 7.85. The fraction of sp³-hybridized carbons (Fsp3) is 0.348. The molecule has 2 aromatic rings. The molecule has 3 amide bonds. The number of nitrogens with one attached hydrogen (secondary N) is 1. The number of carbonyl (C=O) groups is 3. The quantitative estimate of drug-likeness (QED) is 0.802. The minimum atomic E-state index is -0.377. The fourth-order valence-electron chi connectivity index (χ4n) is 4.39. The highest BCUT2D eigenvalue weighted by Crippen LogP contribution is 2.42. The summed E-state index contributed by atoms with van der Waals surface area (Å²) in [6, 6.07) is 13.8. The molecule has 1 saturated heterocycles. The van der Waals surface area contributed by atoms with Crippen molar-refractivity contribution in [2.75, 3.05) is 17.3 Å². The zero-order valence-corrected chi connectivity index (χ0v) is 16.6. The number of para-hydroxylation sites is 1. The zero-order chi connectivity index (χ0) is 20.5. The summed E-state index contributed by atoms with van der Waals surface area (Å²) in [5, 5.41) is 2.83. The number of nitrogens with zero attached hydrogens (tertiary/aromatic N) is 1. The molecule has 0 unspecified atom stereocenters. The number of ether oxygens (including phenoxy) is 1. The number of rotatable bonds is 4. The number of benzene rings is 2. The lowest BCUT2D eigenvalue weighted by Crippen LogP contribution is -2.33. The van der Waals surface area contributed by atoms with E-state index in [2.05, 4.69) is 12.2 Å². The van der Waals surface area contributed by atoms with Gasteiger partial charge in [0.15, 0.2) is 0 Å². The van der Waals surface area contributed by atoms with Crippen molar-refractivity contribution in [2.24, 2.45) is 17.8 Å². The van der Waals surface area contributed by atoms with E-state index in [4.69, 9.17) is 4.74 Å². The van der Waals surface area contributed by atoms with Crippen molar-refractivity contribution in [3.05, 3.63) is 54.1 Å². The molecule has 6 heteroatoms. The largest absolute Gasteiger partial charge is 0.497 e. The monoisotopic (exact) mass is 392 g/mol. The van der Waals surface area contributed by atoms with Gasteiger partial charge in [-0.25, -0.2) is 4.90 Å². The molecule has 0 bridgehead atoms. The molecule has 2 fully saturated rings. The van der Waals surface area contributed by atoms with Crippen LogP contribution in [0.2, 0.25) is 0 Å². The number of amides is 3. The van der Waals surface area contributed by atoms with Crippen LogP contribution >= 0.6 is 0 Å². The fourth-order valence-corrected chi connectivity index (χ4v) is 4.39. The Morgan fingerprint density at radius 3 is 2.59 bits per heavy atom. The lowest BCUT2D eigenvalue weighted by Gasteiger charge is -2.25. The first-order chi connectivity index (χ1) is 14.0. The topological polar surface area (TPSA) is 75.7 Å².